The lowest BCUT2D eigenvalue weighted by molar-refractivity contribution is 0.208. The van der Waals surface area contributed by atoms with Gasteiger partial charge in [-0.25, -0.2) is 0 Å². The van der Waals surface area contributed by atoms with Crippen molar-refractivity contribution in [2.75, 3.05) is 20.3 Å². The molecule has 0 saturated carbocycles. The lowest BCUT2D eigenvalue weighted by Gasteiger charge is -1.93. The highest BCUT2D eigenvalue weighted by molar-refractivity contribution is 5.59. The minimum absolute atomic E-state index is 0.557. The van der Waals surface area contributed by atoms with Gasteiger partial charge in [-0.15, -0.1) is 0 Å². The summed E-state index contributed by atoms with van der Waals surface area (Å²) in [6.45, 7) is 5.73. The Hall–Kier alpha value is -0.370. The second kappa shape index (κ2) is 5.76. The molecule has 0 aromatic heterocycles. The lowest BCUT2D eigenvalue weighted by atomic mass is 10.2. The van der Waals surface area contributed by atoms with Crippen LogP contribution in [-0.4, -0.2) is 26.5 Å². The third-order valence-corrected chi connectivity index (χ3v) is 0.828. The molecule has 0 atom stereocenters. The third kappa shape index (κ3) is 7.63. The largest absolute Gasteiger partial charge is 0.383 e. The predicted octanol–water partition coefficient (Wildman–Crippen LogP) is 1.36. The fourth-order valence-corrected chi connectivity index (χ4v) is 0.429. The summed E-state index contributed by atoms with van der Waals surface area (Å²) < 4.78 is 4.81. The first-order valence-electron chi connectivity index (χ1n) is 3.26. The van der Waals surface area contributed by atoms with E-state index < -0.39 is 0 Å². The van der Waals surface area contributed by atoms with Crippen LogP contribution in [0, 0.1) is 5.92 Å². The Kier molecular flexibility index (Phi) is 5.52. The van der Waals surface area contributed by atoms with Crippen molar-refractivity contribution >= 4 is 6.21 Å². The van der Waals surface area contributed by atoms with Crippen LogP contribution < -0.4 is 0 Å². The Morgan fingerprint density at radius 2 is 2.22 bits per heavy atom. The van der Waals surface area contributed by atoms with Crippen molar-refractivity contribution in [1.82, 2.24) is 0 Å². The smallest absolute Gasteiger partial charge is 0.0657 e. The van der Waals surface area contributed by atoms with Gasteiger partial charge in [0, 0.05) is 13.3 Å². The van der Waals surface area contributed by atoms with Gasteiger partial charge >= 0.3 is 0 Å². The number of ether oxygens (including phenoxy) is 1. The Morgan fingerprint density at radius 1 is 1.56 bits per heavy atom. The number of hydrogen-bond donors (Lipinski definition) is 0. The summed E-state index contributed by atoms with van der Waals surface area (Å²) in [7, 11) is 1.69. The molecule has 0 aliphatic heterocycles. The van der Waals surface area contributed by atoms with Gasteiger partial charge in [0.2, 0.25) is 0 Å². The maximum atomic E-state index is 4.81. The van der Waals surface area contributed by atoms with Crippen molar-refractivity contribution in [1.29, 1.82) is 0 Å². The molecule has 0 bridgehead atoms. The van der Waals surface area contributed by atoms with Crippen molar-refractivity contribution in [2.45, 2.75) is 13.8 Å². The van der Waals surface area contributed by atoms with Crippen LogP contribution in [0.25, 0.3) is 0 Å². The lowest BCUT2D eigenvalue weighted by Crippen LogP contribution is -1.95. The van der Waals surface area contributed by atoms with Crippen LogP contribution in [0.1, 0.15) is 13.8 Å². The van der Waals surface area contributed by atoms with Crippen LogP contribution in [0.5, 0.6) is 0 Å². The van der Waals surface area contributed by atoms with E-state index >= 15 is 0 Å². The number of nitrogens with zero attached hydrogens (tertiary/aromatic N) is 1. The highest BCUT2D eigenvalue weighted by Gasteiger charge is 1.82. The fraction of sp³-hybridized carbons (Fsp3) is 0.857. The average molecular weight is 129 g/mol. The molecule has 0 radical (unpaired) electrons. The molecule has 0 N–H and O–H groups in total. The van der Waals surface area contributed by atoms with Crippen molar-refractivity contribution in [3.63, 3.8) is 0 Å². The van der Waals surface area contributed by atoms with Crippen LogP contribution in [0.4, 0.5) is 0 Å². The molecule has 0 fully saturated rings. The maximum Gasteiger partial charge on any atom is 0.0657 e. The standard InChI is InChI=1S/C7H15NO/c1-7(2)6-8-4-5-9-3/h6-7H,4-5H2,1-3H3. The van der Waals surface area contributed by atoms with Gasteiger partial charge in [-0.3, -0.25) is 4.99 Å². The summed E-state index contributed by atoms with van der Waals surface area (Å²) in [5.41, 5.74) is 0. The topological polar surface area (TPSA) is 21.6 Å². The first kappa shape index (κ1) is 8.63. The van der Waals surface area contributed by atoms with E-state index in [9.17, 15) is 0 Å². The summed E-state index contributed by atoms with van der Waals surface area (Å²) in [6, 6.07) is 0. The Bertz CT molecular complexity index is 79.0. The second-order valence-corrected chi connectivity index (χ2v) is 2.29. The van der Waals surface area contributed by atoms with E-state index in [0.717, 1.165) is 13.2 Å². The Labute approximate surface area is 56.9 Å². The van der Waals surface area contributed by atoms with E-state index in [0.29, 0.717) is 5.92 Å². The van der Waals surface area contributed by atoms with E-state index in [4.69, 9.17) is 4.74 Å². The highest BCUT2D eigenvalue weighted by Crippen LogP contribution is 1.84. The zero-order chi connectivity index (χ0) is 7.11. The van der Waals surface area contributed by atoms with Crippen molar-refractivity contribution < 1.29 is 4.74 Å². The zero-order valence-electron chi connectivity index (χ0n) is 6.42. The molecule has 54 valence electrons. The number of methoxy groups -OCH3 is 1. The van der Waals surface area contributed by atoms with Gasteiger partial charge in [0.15, 0.2) is 0 Å². The zero-order valence-corrected chi connectivity index (χ0v) is 6.42. The monoisotopic (exact) mass is 129 g/mol. The van der Waals surface area contributed by atoms with E-state index in [1.165, 1.54) is 0 Å². The summed E-state index contributed by atoms with van der Waals surface area (Å²) in [6.07, 6.45) is 1.94. The second-order valence-electron chi connectivity index (χ2n) is 2.29. The van der Waals surface area contributed by atoms with Crippen LogP contribution in [-0.2, 0) is 4.74 Å². The average Bonchev–Trinajstić information content (AvgIpc) is 1.80. The van der Waals surface area contributed by atoms with Gasteiger partial charge in [0.05, 0.1) is 13.2 Å². The molecule has 0 aromatic rings. The van der Waals surface area contributed by atoms with Crippen molar-refractivity contribution in [3.05, 3.63) is 0 Å². The van der Waals surface area contributed by atoms with E-state index in [2.05, 4.69) is 18.8 Å². The third-order valence-electron chi connectivity index (χ3n) is 0.828. The van der Waals surface area contributed by atoms with Gasteiger partial charge in [-0.1, -0.05) is 13.8 Å². The molecule has 0 saturated heterocycles. The van der Waals surface area contributed by atoms with Gasteiger partial charge in [-0.05, 0) is 5.92 Å². The highest BCUT2D eigenvalue weighted by atomic mass is 16.5. The van der Waals surface area contributed by atoms with Gasteiger partial charge in [0.1, 0.15) is 0 Å². The SMILES string of the molecule is COCCN=CC(C)C. The first-order chi connectivity index (χ1) is 4.27. The Morgan fingerprint density at radius 3 is 2.67 bits per heavy atom. The van der Waals surface area contributed by atoms with Gasteiger partial charge < -0.3 is 4.74 Å². The molecule has 2 heteroatoms. The predicted molar refractivity (Wildman–Crippen MR) is 40.1 cm³/mol. The minimum Gasteiger partial charge on any atom is -0.383 e. The Balaban J connectivity index is 3.04. The normalized spacial score (nSPS) is 11.6. The van der Waals surface area contributed by atoms with Gasteiger partial charge in [-0.2, -0.15) is 0 Å². The van der Waals surface area contributed by atoms with Gasteiger partial charge in [0.25, 0.3) is 0 Å². The van der Waals surface area contributed by atoms with Crippen molar-refractivity contribution in [2.24, 2.45) is 10.9 Å². The fourth-order valence-electron chi connectivity index (χ4n) is 0.429. The number of hydrogen-bond acceptors (Lipinski definition) is 2. The van der Waals surface area contributed by atoms with Crippen molar-refractivity contribution in [3.8, 4) is 0 Å². The van der Waals surface area contributed by atoms with Crippen LogP contribution in [0.2, 0.25) is 0 Å². The molecule has 9 heavy (non-hydrogen) atoms. The summed E-state index contributed by atoms with van der Waals surface area (Å²) >= 11 is 0. The van der Waals surface area contributed by atoms with Crippen LogP contribution in [0.15, 0.2) is 4.99 Å². The molecular formula is C7H15NO. The quantitative estimate of drug-likeness (QED) is 0.415. The molecule has 0 unspecified atom stereocenters. The maximum absolute atomic E-state index is 4.81. The molecule has 0 aliphatic carbocycles. The molecule has 0 heterocycles. The molecule has 0 spiro atoms. The molecule has 0 rings (SSSR count). The molecular weight excluding hydrogens is 114 g/mol. The molecule has 0 amide bonds. The summed E-state index contributed by atoms with van der Waals surface area (Å²) in [5, 5.41) is 0. The first-order valence-corrected chi connectivity index (χ1v) is 3.26. The van der Waals surface area contributed by atoms with E-state index in [1.807, 2.05) is 6.21 Å². The van der Waals surface area contributed by atoms with Crippen LogP contribution >= 0.6 is 0 Å². The summed E-state index contributed by atoms with van der Waals surface area (Å²) in [4.78, 5) is 4.11. The number of rotatable bonds is 4. The number of aliphatic imine (C=N–C) groups is 1. The van der Waals surface area contributed by atoms with E-state index in [-0.39, 0.29) is 0 Å². The molecule has 2 nitrogen and oxygen atoms in total. The molecule has 0 aliphatic rings. The summed E-state index contributed by atoms with van der Waals surface area (Å²) in [5.74, 6) is 0.557. The van der Waals surface area contributed by atoms with E-state index in [1.54, 1.807) is 7.11 Å². The molecule has 0 aromatic carbocycles. The minimum atomic E-state index is 0.557. The van der Waals surface area contributed by atoms with Crippen LogP contribution in [0.3, 0.4) is 0 Å².